The van der Waals surface area contributed by atoms with E-state index in [0.29, 0.717) is 17.2 Å². The lowest BCUT2D eigenvalue weighted by molar-refractivity contribution is 0.361. The Balaban J connectivity index is 1.06. The molecule has 1 heterocycles. The smallest absolute Gasteiger partial charge is 0.194 e. The highest BCUT2D eigenvalue weighted by molar-refractivity contribution is 5.99. The van der Waals surface area contributed by atoms with Gasteiger partial charge in [0, 0.05) is 16.8 Å². The molecule has 0 fully saturated rings. The lowest BCUT2D eigenvalue weighted by Gasteiger charge is -2.33. The van der Waals surface area contributed by atoms with Gasteiger partial charge in [-0.3, -0.25) is 0 Å². The summed E-state index contributed by atoms with van der Waals surface area (Å²) in [6, 6.07) is 84.7. The molecule has 3 aliphatic rings. The van der Waals surface area contributed by atoms with Crippen LogP contribution in [0.2, 0.25) is 0 Å². The lowest BCUT2D eigenvalue weighted by atomic mass is 9.70. The van der Waals surface area contributed by atoms with E-state index in [1.165, 1.54) is 33.4 Å². The Kier molecular flexibility index (Phi) is 8.13. The minimum absolute atomic E-state index is 0.510. The normalized spacial score (nSPS) is 13.1. The van der Waals surface area contributed by atoms with E-state index in [-0.39, 0.29) is 0 Å². The molecule has 0 atom stereocenters. The molecule has 0 saturated heterocycles. The average Bonchev–Trinajstić information content (AvgIpc) is 3.84. The fourth-order valence-corrected chi connectivity index (χ4v) is 10.7. The molecule has 10 aromatic rings. The van der Waals surface area contributed by atoms with Gasteiger partial charge in [0.15, 0.2) is 23.0 Å². The van der Waals surface area contributed by atoms with Crippen molar-refractivity contribution in [1.82, 2.24) is 0 Å². The Morgan fingerprint density at radius 2 is 0.781 bits per heavy atom. The number of ether oxygens (including phenoxy) is 2. The second-order valence-corrected chi connectivity index (χ2v) is 16.7. The summed E-state index contributed by atoms with van der Waals surface area (Å²) in [5.74, 6) is 2.74. The van der Waals surface area contributed by atoms with Crippen LogP contribution in [0.4, 0.5) is 17.1 Å². The molecule has 10 aromatic carbocycles. The van der Waals surface area contributed by atoms with Crippen molar-refractivity contribution in [2.45, 2.75) is 5.41 Å². The zero-order valence-corrected chi connectivity index (χ0v) is 34.8. The average molecular weight is 818 g/mol. The van der Waals surface area contributed by atoms with E-state index in [9.17, 15) is 0 Å². The van der Waals surface area contributed by atoms with Gasteiger partial charge in [0.1, 0.15) is 0 Å². The first kappa shape index (κ1) is 36.3. The summed E-state index contributed by atoms with van der Waals surface area (Å²) < 4.78 is 14.5. The van der Waals surface area contributed by atoms with Crippen LogP contribution in [0.1, 0.15) is 22.3 Å². The highest BCUT2D eigenvalue weighted by Crippen LogP contribution is 2.67. The highest BCUT2D eigenvalue weighted by atomic mass is 16.6. The third kappa shape index (κ3) is 5.34. The Morgan fingerprint density at radius 1 is 0.297 bits per heavy atom. The van der Waals surface area contributed by atoms with E-state index >= 15 is 0 Å². The van der Waals surface area contributed by atoms with Crippen LogP contribution in [-0.4, -0.2) is 0 Å². The molecule has 0 N–H and O–H groups in total. The Hall–Kier alpha value is -8.40. The van der Waals surface area contributed by atoms with Crippen LogP contribution in [-0.2, 0) is 5.41 Å². The first-order chi connectivity index (χ1) is 31.8. The molecule has 1 aliphatic heterocycles. The van der Waals surface area contributed by atoms with Gasteiger partial charge in [-0.1, -0.05) is 194 Å². The van der Waals surface area contributed by atoms with E-state index in [0.717, 1.165) is 67.3 Å². The summed E-state index contributed by atoms with van der Waals surface area (Å²) in [6.07, 6.45) is 0. The molecule has 3 nitrogen and oxygen atoms in total. The number of fused-ring (bicyclic) bond motifs is 13. The van der Waals surface area contributed by atoms with Gasteiger partial charge in [0.05, 0.1) is 16.8 Å². The van der Waals surface area contributed by atoms with Crippen molar-refractivity contribution in [3.8, 4) is 78.6 Å². The van der Waals surface area contributed by atoms with Crippen molar-refractivity contribution in [2.75, 3.05) is 4.90 Å². The quantitative estimate of drug-likeness (QED) is 0.167. The highest BCUT2D eigenvalue weighted by Gasteiger charge is 2.53. The minimum atomic E-state index is -0.510. The van der Waals surface area contributed by atoms with Crippen molar-refractivity contribution in [1.29, 1.82) is 0 Å². The molecule has 3 heteroatoms. The fraction of sp³-hybridized carbons (Fsp3) is 0.0164. The number of nitrogens with zero attached hydrogens (tertiary/aromatic N) is 1. The molecule has 0 saturated carbocycles. The van der Waals surface area contributed by atoms with Crippen molar-refractivity contribution < 1.29 is 9.47 Å². The van der Waals surface area contributed by atoms with Crippen LogP contribution in [0.3, 0.4) is 0 Å². The van der Waals surface area contributed by atoms with Gasteiger partial charge < -0.3 is 14.4 Å². The monoisotopic (exact) mass is 817 g/mol. The van der Waals surface area contributed by atoms with Crippen LogP contribution in [0.15, 0.2) is 237 Å². The molecule has 13 rings (SSSR count). The number of benzene rings is 10. The Bertz CT molecular complexity index is 3350. The van der Waals surface area contributed by atoms with Crippen LogP contribution in [0.5, 0.6) is 23.0 Å². The van der Waals surface area contributed by atoms with E-state index in [1.54, 1.807) is 0 Å². The maximum atomic E-state index is 7.52. The molecular weight excluding hydrogens is 779 g/mol. The van der Waals surface area contributed by atoms with Crippen LogP contribution >= 0.6 is 0 Å². The number of para-hydroxylation sites is 2. The molecular formula is C61H39NO2. The number of hydrogen-bond donors (Lipinski definition) is 0. The standard InChI is InChI=1S/C61H39NO2/c1-4-19-40(20-5-1)43-37-44(41-21-6-2-7-22-41)39-45(38-43)62(54-32-17-13-25-46(54)42-23-8-3-9-24-42)55-33-18-34-56-59(55)64-60-57(63-56)36-35-53-58(60)49-28-12-16-31-52(49)61(53)50-29-14-10-26-47(50)48-27-11-15-30-51(48)61/h1-39H. The van der Waals surface area contributed by atoms with Crippen LogP contribution < -0.4 is 14.4 Å². The fourth-order valence-electron chi connectivity index (χ4n) is 10.7. The summed E-state index contributed by atoms with van der Waals surface area (Å²) in [5.41, 5.74) is 18.9. The summed E-state index contributed by atoms with van der Waals surface area (Å²) >= 11 is 0. The predicted molar refractivity (Wildman–Crippen MR) is 260 cm³/mol. The van der Waals surface area contributed by atoms with Gasteiger partial charge in [-0.15, -0.1) is 0 Å². The van der Waals surface area contributed by atoms with Crippen molar-refractivity contribution >= 4 is 17.1 Å². The van der Waals surface area contributed by atoms with Gasteiger partial charge in [-0.2, -0.15) is 0 Å². The molecule has 0 aromatic heterocycles. The maximum Gasteiger partial charge on any atom is 0.194 e. The third-order valence-electron chi connectivity index (χ3n) is 13.3. The van der Waals surface area contributed by atoms with E-state index in [1.807, 2.05) is 6.07 Å². The van der Waals surface area contributed by atoms with E-state index in [4.69, 9.17) is 9.47 Å². The Labute approximate surface area is 372 Å². The second kappa shape index (κ2) is 14.3. The summed E-state index contributed by atoms with van der Waals surface area (Å²) in [7, 11) is 0. The van der Waals surface area contributed by atoms with Gasteiger partial charge in [-0.25, -0.2) is 0 Å². The largest absolute Gasteiger partial charge is 0.449 e. The number of anilines is 3. The van der Waals surface area contributed by atoms with E-state index in [2.05, 4.69) is 235 Å². The summed E-state index contributed by atoms with van der Waals surface area (Å²) in [4.78, 5) is 2.36. The third-order valence-corrected chi connectivity index (χ3v) is 13.3. The first-order valence-corrected chi connectivity index (χ1v) is 21.9. The number of rotatable bonds is 6. The molecule has 0 radical (unpaired) electrons. The Morgan fingerprint density at radius 3 is 1.41 bits per heavy atom. The van der Waals surface area contributed by atoms with Gasteiger partial charge >= 0.3 is 0 Å². The van der Waals surface area contributed by atoms with Gasteiger partial charge in [0.25, 0.3) is 0 Å². The van der Waals surface area contributed by atoms with Crippen molar-refractivity contribution in [2.24, 2.45) is 0 Å². The molecule has 300 valence electrons. The van der Waals surface area contributed by atoms with Crippen LogP contribution in [0.25, 0.3) is 55.6 Å². The van der Waals surface area contributed by atoms with E-state index < -0.39 is 5.41 Å². The maximum absolute atomic E-state index is 7.52. The SMILES string of the molecule is c1ccc(-c2cc(-c3ccccc3)cc(N(c3ccccc3-c3ccccc3)c3cccc4c3Oc3c(ccc5c3-c3ccccc3C53c5ccccc5-c5ccccc53)O4)c2)cc1. The van der Waals surface area contributed by atoms with Gasteiger partial charge in [0.2, 0.25) is 0 Å². The molecule has 0 amide bonds. The zero-order valence-electron chi connectivity index (χ0n) is 34.8. The molecule has 64 heavy (non-hydrogen) atoms. The topological polar surface area (TPSA) is 21.7 Å². The van der Waals surface area contributed by atoms with Crippen molar-refractivity contribution in [3.05, 3.63) is 259 Å². The van der Waals surface area contributed by atoms with Crippen LogP contribution in [0, 0.1) is 0 Å². The first-order valence-electron chi connectivity index (χ1n) is 21.9. The molecule has 2 aliphatic carbocycles. The molecule has 1 spiro atoms. The zero-order chi connectivity index (χ0) is 42.2. The summed E-state index contributed by atoms with van der Waals surface area (Å²) in [5, 5.41) is 0. The van der Waals surface area contributed by atoms with Gasteiger partial charge in [-0.05, 0) is 109 Å². The second-order valence-electron chi connectivity index (χ2n) is 16.7. The summed E-state index contributed by atoms with van der Waals surface area (Å²) in [6.45, 7) is 0. The molecule has 0 unspecified atom stereocenters. The lowest BCUT2D eigenvalue weighted by Crippen LogP contribution is -2.25. The number of hydrogen-bond acceptors (Lipinski definition) is 3. The molecule has 0 bridgehead atoms. The van der Waals surface area contributed by atoms with Crippen molar-refractivity contribution in [3.63, 3.8) is 0 Å². The predicted octanol–water partition coefficient (Wildman–Crippen LogP) is 16.4. The minimum Gasteiger partial charge on any atom is -0.449 e.